The fraction of sp³-hybridized carbons (Fsp3) is 0.857. The normalized spacial score (nSPS) is 15.4. The molecule has 16 heavy (non-hydrogen) atoms. The van der Waals surface area contributed by atoms with Crippen molar-refractivity contribution < 1.29 is 31.2 Å². The summed E-state index contributed by atoms with van der Waals surface area (Å²) in [6, 6.07) is 0. The van der Waals surface area contributed by atoms with E-state index in [1.165, 1.54) is 0 Å². The zero-order valence-electron chi connectivity index (χ0n) is 9.26. The first kappa shape index (κ1) is 15.6. The van der Waals surface area contributed by atoms with Gasteiger partial charge < -0.3 is 9.26 Å². The minimum absolute atomic E-state index is 0.151. The summed E-state index contributed by atoms with van der Waals surface area (Å²) in [4.78, 5) is 11.1. The Labute approximate surface area is 95.1 Å². The molecule has 0 rings (SSSR count). The molecule has 0 N–H and O–H groups in total. The molecule has 96 valence electrons. The van der Waals surface area contributed by atoms with Crippen molar-refractivity contribution in [2.45, 2.75) is 19.2 Å². The molecule has 0 saturated heterocycles. The van der Waals surface area contributed by atoms with Crippen LogP contribution in [-0.2, 0) is 32.9 Å². The van der Waals surface area contributed by atoms with E-state index in [1.54, 1.807) is 6.92 Å². The standard InChI is InChI=1S/C7H15O7PS/c1-4-5-13-15(9)7(6(8)12-2)14-16(3,10)11/h7,15H,4-5H2,1-3H3. The van der Waals surface area contributed by atoms with Crippen molar-refractivity contribution in [3.8, 4) is 0 Å². The first-order chi connectivity index (χ1) is 7.31. The highest BCUT2D eigenvalue weighted by atomic mass is 32.2. The summed E-state index contributed by atoms with van der Waals surface area (Å²) >= 11 is 0. The van der Waals surface area contributed by atoms with Crippen LogP contribution < -0.4 is 0 Å². The van der Waals surface area contributed by atoms with E-state index in [0.717, 1.165) is 13.4 Å². The molecular formula is C7H15O7PS. The number of hydrogen-bond donors (Lipinski definition) is 0. The van der Waals surface area contributed by atoms with E-state index in [-0.39, 0.29) is 6.61 Å². The van der Waals surface area contributed by atoms with Crippen molar-refractivity contribution in [3.05, 3.63) is 0 Å². The van der Waals surface area contributed by atoms with Gasteiger partial charge in [0.1, 0.15) is 0 Å². The van der Waals surface area contributed by atoms with E-state index in [1.807, 2.05) is 0 Å². The van der Waals surface area contributed by atoms with E-state index in [9.17, 15) is 17.8 Å². The van der Waals surface area contributed by atoms with Gasteiger partial charge in [0.25, 0.3) is 10.1 Å². The lowest BCUT2D eigenvalue weighted by Crippen LogP contribution is -2.25. The molecule has 0 fully saturated rings. The van der Waals surface area contributed by atoms with E-state index in [2.05, 4.69) is 8.92 Å². The molecule has 0 aliphatic carbocycles. The summed E-state index contributed by atoms with van der Waals surface area (Å²) in [7, 11) is -5.83. The van der Waals surface area contributed by atoms with Gasteiger partial charge in [-0.3, -0.25) is 4.57 Å². The lowest BCUT2D eigenvalue weighted by molar-refractivity contribution is -0.145. The van der Waals surface area contributed by atoms with Crippen molar-refractivity contribution in [1.29, 1.82) is 0 Å². The zero-order chi connectivity index (χ0) is 12.8. The largest absolute Gasteiger partial charge is 0.467 e. The minimum Gasteiger partial charge on any atom is -0.467 e. The first-order valence-corrected chi connectivity index (χ1v) is 7.65. The summed E-state index contributed by atoms with van der Waals surface area (Å²) in [5.41, 5.74) is 0. The fourth-order valence-corrected chi connectivity index (χ4v) is 2.87. The van der Waals surface area contributed by atoms with Gasteiger partial charge in [0, 0.05) is 0 Å². The highest BCUT2D eigenvalue weighted by Gasteiger charge is 2.31. The van der Waals surface area contributed by atoms with E-state index < -0.39 is 30.0 Å². The van der Waals surface area contributed by atoms with E-state index in [0.29, 0.717) is 6.42 Å². The molecule has 9 heteroatoms. The second kappa shape index (κ2) is 7.01. The van der Waals surface area contributed by atoms with Crippen molar-refractivity contribution >= 4 is 24.1 Å². The Morgan fingerprint density at radius 3 is 2.38 bits per heavy atom. The molecule has 0 heterocycles. The van der Waals surface area contributed by atoms with Crippen LogP contribution in [0.4, 0.5) is 0 Å². The number of carbonyl (C=O) groups excluding carboxylic acids is 1. The van der Waals surface area contributed by atoms with Crippen LogP contribution in [-0.4, -0.2) is 40.2 Å². The van der Waals surface area contributed by atoms with Crippen LogP contribution in [0.2, 0.25) is 0 Å². The van der Waals surface area contributed by atoms with Crippen LogP contribution in [0.5, 0.6) is 0 Å². The number of hydrogen-bond acceptors (Lipinski definition) is 7. The van der Waals surface area contributed by atoms with Crippen LogP contribution in [0.25, 0.3) is 0 Å². The van der Waals surface area contributed by atoms with Gasteiger partial charge in [-0.25, -0.2) is 8.98 Å². The third-order valence-corrected chi connectivity index (χ3v) is 3.33. The summed E-state index contributed by atoms with van der Waals surface area (Å²) in [6.07, 6.45) is 1.33. The Hall–Kier alpha value is -0.430. The molecule has 2 atom stereocenters. The summed E-state index contributed by atoms with van der Waals surface area (Å²) in [6.45, 7) is 1.93. The lowest BCUT2D eigenvalue weighted by Gasteiger charge is -2.13. The quantitative estimate of drug-likeness (QED) is 0.375. The molecule has 0 bridgehead atoms. The van der Waals surface area contributed by atoms with Crippen LogP contribution in [0, 0.1) is 0 Å². The summed E-state index contributed by atoms with van der Waals surface area (Å²) in [5.74, 6) is -2.75. The van der Waals surface area contributed by atoms with Crippen molar-refractivity contribution in [3.63, 3.8) is 0 Å². The molecule has 2 unspecified atom stereocenters. The minimum atomic E-state index is -3.90. The molecule has 0 aromatic carbocycles. The first-order valence-electron chi connectivity index (χ1n) is 4.44. The highest BCUT2D eigenvalue weighted by molar-refractivity contribution is 7.86. The topological polar surface area (TPSA) is 96.0 Å². The van der Waals surface area contributed by atoms with Gasteiger partial charge in [-0.05, 0) is 6.42 Å². The Morgan fingerprint density at radius 2 is 2.00 bits per heavy atom. The Balaban J connectivity index is 4.67. The number of rotatable bonds is 7. The Bertz CT molecular complexity index is 350. The Kier molecular flexibility index (Phi) is 6.82. The molecule has 0 amide bonds. The number of methoxy groups -OCH3 is 1. The number of carbonyl (C=O) groups is 1. The van der Waals surface area contributed by atoms with Gasteiger partial charge in [0.15, 0.2) is 0 Å². The van der Waals surface area contributed by atoms with Crippen molar-refractivity contribution in [2.24, 2.45) is 0 Å². The monoisotopic (exact) mass is 274 g/mol. The number of ether oxygens (including phenoxy) is 1. The third-order valence-electron chi connectivity index (χ3n) is 1.35. The van der Waals surface area contributed by atoms with Crippen molar-refractivity contribution in [2.75, 3.05) is 20.0 Å². The lowest BCUT2D eigenvalue weighted by atomic mass is 10.5. The maximum absolute atomic E-state index is 11.5. The molecule has 0 aromatic rings. The molecule has 0 spiro atoms. The van der Waals surface area contributed by atoms with Gasteiger partial charge in [0.2, 0.25) is 13.9 Å². The second-order valence-corrected chi connectivity index (χ2v) is 5.92. The predicted molar refractivity (Wildman–Crippen MR) is 57.0 cm³/mol. The second-order valence-electron chi connectivity index (χ2n) is 2.87. The maximum atomic E-state index is 11.5. The maximum Gasteiger partial charge on any atom is 0.346 e. The van der Waals surface area contributed by atoms with Gasteiger partial charge in [-0.15, -0.1) is 0 Å². The molecule has 0 aliphatic heterocycles. The molecular weight excluding hydrogens is 259 g/mol. The van der Waals surface area contributed by atoms with Crippen LogP contribution in [0.1, 0.15) is 13.3 Å². The average Bonchev–Trinajstić information content (AvgIpc) is 2.20. The SMILES string of the molecule is CCCO[PH](=O)C(OS(C)(=O)=O)C(=O)OC. The molecule has 0 aliphatic rings. The van der Waals surface area contributed by atoms with Gasteiger partial charge in [-0.2, -0.15) is 8.42 Å². The summed E-state index contributed by atoms with van der Waals surface area (Å²) < 4.78 is 46.5. The number of esters is 1. The molecule has 0 radical (unpaired) electrons. The third kappa shape index (κ3) is 6.22. The van der Waals surface area contributed by atoms with E-state index in [4.69, 9.17) is 4.52 Å². The smallest absolute Gasteiger partial charge is 0.346 e. The Morgan fingerprint density at radius 1 is 1.44 bits per heavy atom. The van der Waals surface area contributed by atoms with Crippen LogP contribution in [0.15, 0.2) is 0 Å². The molecule has 7 nitrogen and oxygen atoms in total. The molecule has 0 saturated carbocycles. The van der Waals surface area contributed by atoms with Gasteiger partial charge in [-0.1, -0.05) is 6.92 Å². The summed E-state index contributed by atoms with van der Waals surface area (Å²) in [5, 5.41) is 0. The van der Waals surface area contributed by atoms with Gasteiger partial charge >= 0.3 is 5.97 Å². The highest BCUT2D eigenvalue weighted by Crippen LogP contribution is 2.32. The zero-order valence-corrected chi connectivity index (χ0v) is 11.1. The molecule has 0 aromatic heterocycles. The van der Waals surface area contributed by atoms with Crippen LogP contribution in [0.3, 0.4) is 0 Å². The van der Waals surface area contributed by atoms with Gasteiger partial charge in [0.05, 0.1) is 20.0 Å². The van der Waals surface area contributed by atoms with Crippen molar-refractivity contribution in [1.82, 2.24) is 0 Å². The van der Waals surface area contributed by atoms with Crippen LogP contribution >= 0.6 is 8.03 Å². The average molecular weight is 274 g/mol. The van der Waals surface area contributed by atoms with E-state index >= 15 is 0 Å². The fourth-order valence-electron chi connectivity index (χ4n) is 0.735. The predicted octanol–water partition coefficient (Wildman–Crippen LogP) is 0.363.